The van der Waals surface area contributed by atoms with Crippen LogP contribution in [0.15, 0.2) is 47.4 Å². The Labute approximate surface area is 196 Å². The van der Waals surface area contributed by atoms with Gasteiger partial charge in [-0.3, -0.25) is 4.79 Å². The van der Waals surface area contributed by atoms with Crippen molar-refractivity contribution < 1.29 is 41.0 Å². The van der Waals surface area contributed by atoms with Crippen molar-refractivity contribution in [1.82, 2.24) is 4.31 Å². The smallest absolute Gasteiger partial charge is 0.387 e. The normalized spacial score (nSPS) is 14.9. The highest BCUT2D eigenvalue weighted by Crippen LogP contribution is 2.29. The Hall–Kier alpha value is -3.05. The number of methoxy groups -OCH3 is 1. The molecule has 0 unspecified atom stereocenters. The number of carbonyl (C=O) groups is 2. The van der Waals surface area contributed by atoms with Gasteiger partial charge in [0.2, 0.25) is 10.0 Å². The fraction of sp³-hybridized carbons (Fsp3) is 0.391. The fourth-order valence-corrected chi connectivity index (χ4v) is 5.24. The minimum atomic E-state index is -3.90. The molecule has 8 nitrogen and oxygen atoms in total. The van der Waals surface area contributed by atoms with E-state index in [0.717, 1.165) is 25.7 Å². The minimum Gasteiger partial charge on any atom is -0.495 e. The van der Waals surface area contributed by atoms with Crippen LogP contribution < -0.4 is 9.47 Å². The third kappa shape index (κ3) is 6.29. The molecule has 3 rings (SSSR count). The summed E-state index contributed by atoms with van der Waals surface area (Å²) in [6.45, 7) is -2.83. The van der Waals surface area contributed by atoms with E-state index >= 15 is 0 Å². The highest BCUT2D eigenvalue weighted by molar-refractivity contribution is 7.89. The summed E-state index contributed by atoms with van der Waals surface area (Å²) in [5.41, 5.74) is 0.0799. The molecule has 1 heterocycles. The highest BCUT2D eigenvalue weighted by Gasteiger charge is 2.29. The second kappa shape index (κ2) is 11.4. The number of benzene rings is 2. The van der Waals surface area contributed by atoms with Crippen LogP contribution in [0.2, 0.25) is 0 Å². The van der Waals surface area contributed by atoms with Crippen molar-refractivity contribution in [2.45, 2.75) is 37.2 Å². The molecule has 0 atom stereocenters. The molecule has 184 valence electrons. The van der Waals surface area contributed by atoms with E-state index in [1.807, 2.05) is 0 Å². The largest absolute Gasteiger partial charge is 0.495 e. The topological polar surface area (TPSA) is 99.2 Å². The summed E-state index contributed by atoms with van der Waals surface area (Å²) in [5, 5.41) is 0. The molecular weight excluding hydrogens is 472 g/mol. The first-order chi connectivity index (χ1) is 16.2. The van der Waals surface area contributed by atoms with Crippen LogP contribution in [0.3, 0.4) is 0 Å². The zero-order valence-corrected chi connectivity index (χ0v) is 19.4. The SMILES string of the molecule is COc1ccc(C(=O)OCC(=O)c2ccc(OC(F)F)cc2)cc1S(=O)(=O)N1CCCCCC1. The molecule has 0 saturated carbocycles. The first-order valence-electron chi connectivity index (χ1n) is 10.7. The number of halogens is 2. The number of ketones is 1. The lowest BCUT2D eigenvalue weighted by Crippen LogP contribution is -2.32. The van der Waals surface area contributed by atoms with Crippen LogP contribution in [-0.4, -0.2) is 57.9 Å². The van der Waals surface area contributed by atoms with Crippen LogP contribution in [0, 0.1) is 0 Å². The molecule has 0 N–H and O–H groups in total. The van der Waals surface area contributed by atoms with Crippen molar-refractivity contribution in [3.05, 3.63) is 53.6 Å². The van der Waals surface area contributed by atoms with Crippen LogP contribution in [0.4, 0.5) is 8.78 Å². The van der Waals surface area contributed by atoms with E-state index < -0.39 is 35.0 Å². The van der Waals surface area contributed by atoms with E-state index in [4.69, 9.17) is 9.47 Å². The molecule has 0 bridgehead atoms. The maximum Gasteiger partial charge on any atom is 0.387 e. The summed E-state index contributed by atoms with van der Waals surface area (Å²) in [6, 6.07) is 8.84. The standard InChI is InChI=1S/C23H25F2NO7S/c1-31-20-11-8-17(14-21(20)34(29,30)26-12-4-2-3-5-13-26)22(28)32-15-19(27)16-6-9-18(10-7-16)33-23(24)25/h6-11,14,23H,2-5,12-13,15H2,1H3. The number of ether oxygens (including phenoxy) is 3. The Kier molecular flexibility index (Phi) is 8.56. The number of carbonyl (C=O) groups excluding carboxylic acids is 2. The summed E-state index contributed by atoms with van der Waals surface area (Å²) in [7, 11) is -2.56. The Morgan fingerprint density at radius 3 is 2.18 bits per heavy atom. The van der Waals surface area contributed by atoms with Crippen LogP contribution in [-0.2, 0) is 14.8 Å². The zero-order chi connectivity index (χ0) is 24.7. The molecular formula is C23H25F2NO7S. The van der Waals surface area contributed by atoms with Crippen LogP contribution >= 0.6 is 0 Å². The molecule has 1 aliphatic heterocycles. The fourth-order valence-electron chi connectivity index (χ4n) is 3.55. The number of alkyl halides is 2. The first kappa shape index (κ1) is 25.6. The van der Waals surface area contributed by atoms with Crippen molar-refractivity contribution in [2.75, 3.05) is 26.8 Å². The molecule has 2 aromatic rings. The van der Waals surface area contributed by atoms with Gasteiger partial charge < -0.3 is 14.2 Å². The zero-order valence-electron chi connectivity index (χ0n) is 18.5. The molecule has 34 heavy (non-hydrogen) atoms. The average Bonchev–Trinajstić information content (AvgIpc) is 3.12. The first-order valence-corrected chi connectivity index (χ1v) is 12.1. The van der Waals surface area contributed by atoms with Crippen molar-refractivity contribution in [2.24, 2.45) is 0 Å². The number of Topliss-reactive ketones (excluding diaryl/α,β-unsaturated/α-hetero) is 1. The van der Waals surface area contributed by atoms with E-state index in [0.29, 0.717) is 13.1 Å². The molecule has 0 radical (unpaired) electrons. The average molecular weight is 498 g/mol. The summed E-state index contributed by atoms with van der Waals surface area (Å²) < 4.78 is 66.8. The van der Waals surface area contributed by atoms with Gasteiger partial charge in [-0.05, 0) is 55.3 Å². The van der Waals surface area contributed by atoms with Crippen molar-refractivity contribution in [3.63, 3.8) is 0 Å². The van der Waals surface area contributed by atoms with Gasteiger partial charge in [0.25, 0.3) is 0 Å². The number of sulfonamides is 1. The number of esters is 1. The van der Waals surface area contributed by atoms with Gasteiger partial charge in [-0.15, -0.1) is 0 Å². The maximum atomic E-state index is 13.2. The third-order valence-corrected chi connectivity index (χ3v) is 7.24. The molecule has 0 aliphatic carbocycles. The predicted octanol–water partition coefficient (Wildman–Crippen LogP) is 3.90. The molecule has 1 saturated heterocycles. The Bertz CT molecular complexity index is 1110. The molecule has 2 aromatic carbocycles. The lowest BCUT2D eigenvalue weighted by Gasteiger charge is -2.21. The van der Waals surface area contributed by atoms with Gasteiger partial charge in [0, 0.05) is 18.7 Å². The predicted molar refractivity (Wildman–Crippen MR) is 118 cm³/mol. The van der Waals surface area contributed by atoms with E-state index in [1.165, 1.54) is 53.9 Å². The van der Waals surface area contributed by atoms with Gasteiger partial charge in [0.15, 0.2) is 12.4 Å². The second-order valence-corrected chi connectivity index (χ2v) is 9.49. The molecule has 1 aliphatic rings. The van der Waals surface area contributed by atoms with Crippen LogP contribution in [0.25, 0.3) is 0 Å². The van der Waals surface area contributed by atoms with E-state index in [9.17, 15) is 26.8 Å². The lowest BCUT2D eigenvalue weighted by molar-refractivity contribution is -0.0498. The highest BCUT2D eigenvalue weighted by atomic mass is 32.2. The van der Waals surface area contributed by atoms with Gasteiger partial charge in [0.1, 0.15) is 16.4 Å². The Balaban J connectivity index is 1.72. The number of hydrogen-bond acceptors (Lipinski definition) is 7. The second-order valence-electron chi connectivity index (χ2n) is 7.59. The van der Waals surface area contributed by atoms with Gasteiger partial charge in [0.05, 0.1) is 12.7 Å². The van der Waals surface area contributed by atoms with E-state index in [-0.39, 0.29) is 27.5 Å². The lowest BCUT2D eigenvalue weighted by atomic mass is 10.1. The molecule has 0 spiro atoms. The number of rotatable bonds is 9. The monoisotopic (exact) mass is 497 g/mol. The number of nitrogens with zero attached hydrogens (tertiary/aromatic N) is 1. The molecule has 1 fully saturated rings. The summed E-state index contributed by atoms with van der Waals surface area (Å²) >= 11 is 0. The van der Waals surface area contributed by atoms with Gasteiger partial charge in [-0.1, -0.05) is 12.8 Å². The van der Waals surface area contributed by atoms with Gasteiger partial charge in [-0.2, -0.15) is 13.1 Å². The summed E-state index contributed by atoms with van der Waals surface area (Å²) in [6.07, 6.45) is 3.40. The molecule has 0 amide bonds. The Morgan fingerprint density at radius 2 is 1.59 bits per heavy atom. The quantitative estimate of drug-likeness (QED) is 0.383. The number of hydrogen-bond donors (Lipinski definition) is 0. The van der Waals surface area contributed by atoms with Crippen LogP contribution in [0.5, 0.6) is 11.5 Å². The van der Waals surface area contributed by atoms with Crippen LogP contribution in [0.1, 0.15) is 46.4 Å². The van der Waals surface area contributed by atoms with Gasteiger partial charge in [-0.25, -0.2) is 13.2 Å². The Morgan fingerprint density at radius 1 is 0.971 bits per heavy atom. The van der Waals surface area contributed by atoms with Crippen molar-refractivity contribution >= 4 is 21.8 Å². The van der Waals surface area contributed by atoms with Crippen molar-refractivity contribution in [1.29, 1.82) is 0 Å². The maximum absolute atomic E-state index is 13.2. The van der Waals surface area contributed by atoms with Crippen molar-refractivity contribution in [3.8, 4) is 11.5 Å². The van der Waals surface area contributed by atoms with E-state index in [1.54, 1.807) is 0 Å². The third-order valence-electron chi connectivity index (χ3n) is 5.32. The molecule has 11 heteroatoms. The van der Waals surface area contributed by atoms with Gasteiger partial charge >= 0.3 is 12.6 Å². The minimum absolute atomic E-state index is 0.0531. The summed E-state index contributed by atoms with van der Waals surface area (Å²) in [5.74, 6) is -1.47. The summed E-state index contributed by atoms with van der Waals surface area (Å²) in [4.78, 5) is 24.7. The van der Waals surface area contributed by atoms with E-state index in [2.05, 4.69) is 4.74 Å². The molecule has 0 aromatic heterocycles.